The van der Waals surface area contributed by atoms with Crippen LogP contribution in [0.25, 0.3) is 0 Å². The maximum Gasteiger partial charge on any atom is 0.320 e. The summed E-state index contributed by atoms with van der Waals surface area (Å²) in [6.07, 6.45) is 8.49. The highest BCUT2D eigenvalue weighted by atomic mass is 16.4. The number of carboxylic acid groups (broad SMARTS) is 1. The molecule has 0 spiro atoms. The van der Waals surface area contributed by atoms with E-state index in [9.17, 15) is 4.79 Å². The molecule has 1 rings (SSSR count). The lowest BCUT2D eigenvalue weighted by atomic mass is 9.99. The molecule has 0 heterocycles. The average Bonchev–Trinajstić information content (AvgIpc) is 2.64. The van der Waals surface area contributed by atoms with E-state index in [1.165, 1.54) is 32.1 Å². The Hall–Kier alpha value is -0.570. The molecule has 0 unspecified atom stereocenters. The smallest absolute Gasteiger partial charge is 0.320 e. The molecule has 1 saturated carbocycles. The van der Waals surface area contributed by atoms with E-state index in [-0.39, 0.29) is 6.04 Å². The molecule has 0 radical (unpaired) electrons. The van der Waals surface area contributed by atoms with E-state index in [2.05, 4.69) is 5.32 Å². The van der Waals surface area contributed by atoms with Crippen molar-refractivity contribution >= 4 is 5.97 Å². The molecule has 0 bridgehead atoms. The molecule has 1 fully saturated rings. The molecule has 2 N–H and O–H groups in total. The van der Waals surface area contributed by atoms with Crippen molar-refractivity contribution in [1.29, 1.82) is 0 Å². The van der Waals surface area contributed by atoms with E-state index in [1.54, 1.807) is 7.05 Å². The second-order valence-electron chi connectivity index (χ2n) is 4.26. The zero-order valence-electron chi connectivity index (χ0n) is 8.96. The molecule has 0 amide bonds. The van der Waals surface area contributed by atoms with Crippen molar-refractivity contribution in [3.05, 3.63) is 0 Å². The summed E-state index contributed by atoms with van der Waals surface area (Å²) in [4.78, 5) is 10.7. The summed E-state index contributed by atoms with van der Waals surface area (Å²) in [5, 5.41) is 11.6. The molecule has 1 aliphatic rings. The molecular formula is C11H21NO2. The third-order valence-corrected chi connectivity index (χ3v) is 3.23. The highest BCUT2D eigenvalue weighted by molar-refractivity contribution is 5.73. The molecule has 3 heteroatoms. The van der Waals surface area contributed by atoms with Gasteiger partial charge in [0.05, 0.1) is 0 Å². The Balaban J connectivity index is 2.09. The van der Waals surface area contributed by atoms with Crippen molar-refractivity contribution in [3.63, 3.8) is 0 Å². The van der Waals surface area contributed by atoms with E-state index >= 15 is 0 Å². The van der Waals surface area contributed by atoms with Gasteiger partial charge in [-0.15, -0.1) is 0 Å². The van der Waals surface area contributed by atoms with E-state index < -0.39 is 5.97 Å². The third kappa shape index (κ3) is 3.66. The minimum atomic E-state index is -0.723. The monoisotopic (exact) mass is 199 g/mol. The van der Waals surface area contributed by atoms with Crippen molar-refractivity contribution in [3.8, 4) is 0 Å². The summed E-state index contributed by atoms with van der Waals surface area (Å²) in [5.41, 5.74) is 0. The minimum absolute atomic E-state index is 0.351. The van der Waals surface area contributed by atoms with Gasteiger partial charge in [-0.05, 0) is 19.4 Å². The van der Waals surface area contributed by atoms with Gasteiger partial charge in [-0.2, -0.15) is 0 Å². The van der Waals surface area contributed by atoms with Gasteiger partial charge in [0.1, 0.15) is 6.04 Å². The number of carboxylic acids is 1. The van der Waals surface area contributed by atoms with Crippen LogP contribution in [0.3, 0.4) is 0 Å². The van der Waals surface area contributed by atoms with Crippen LogP contribution in [0.4, 0.5) is 0 Å². The summed E-state index contributed by atoms with van der Waals surface area (Å²) >= 11 is 0. The number of rotatable bonds is 6. The zero-order valence-corrected chi connectivity index (χ0v) is 8.96. The van der Waals surface area contributed by atoms with Gasteiger partial charge < -0.3 is 10.4 Å². The fourth-order valence-electron chi connectivity index (χ4n) is 2.30. The Morgan fingerprint density at radius 2 is 2.14 bits per heavy atom. The van der Waals surface area contributed by atoms with Crippen molar-refractivity contribution < 1.29 is 9.90 Å². The van der Waals surface area contributed by atoms with Gasteiger partial charge in [0.25, 0.3) is 0 Å². The zero-order chi connectivity index (χ0) is 10.4. The normalized spacial score (nSPS) is 19.8. The lowest BCUT2D eigenvalue weighted by molar-refractivity contribution is -0.139. The molecule has 0 saturated heterocycles. The van der Waals surface area contributed by atoms with Crippen LogP contribution in [0.2, 0.25) is 0 Å². The number of hydrogen-bond acceptors (Lipinski definition) is 2. The van der Waals surface area contributed by atoms with E-state index in [0.29, 0.717) is 0 Å². The summed E-state index contributed by atoms with van der Waals surface area (Å²) in [6, 6.07) is -0.351. The molecule has 1 aliphatic carbocycles. The molecule has 0 aromatic rings. The number of carbonyl (C=O) groups is 1. The summed E-state index contributed by atoms with van der Waals surface area (Å²) in [5.74, 6) is 0.153. The fourth-order valence-corrected chi connectivity index (χ4v) is 2.30. The second kappa shape index (κ2) is 6.02. The summed E-state index contributed by atoms with van der Waals surface area (Å²) < 4.78 is 0. The molecule has 82 valence electrons. The van der Waals surface area contributed by atoms with Crippen LogP contribution in [-0.2, 0) is 4.79 Å². The first-order valence-corrected chi connectivity index (χ1v) is 5.64. The molecule has 3 nitrogen and oxygen atoms in total. The van der Waals surface area contributed by atoms with Crippen LogP contribution in [0, 0.1) is 5.92 Å². The van der Waals surface area contributed by atoms with Gasteiger partial charge in [0.2, 0.25) is 0 Å². The second-order valence-corrected chi connectivity index (χ2v) is 4.26. The standard InChI is InChI=1S/C11H21NO2/c1-12-10(11(13)14)8-4-7-9-5-2-3-6-9/h9-10,12H,2-8H2,1H3,(H,13,14)/t10-/m0/s1. The largest absolute Gasteiger partial charge is 0.480 e. The SMILES string of the molecule is CN[C@@H](CCCC1CCCC1)C(=O)O. The molecule has 0 aromatic carbocycles. The maximum atomic E-state index is 10.7. The van der Waals surface area contributed by atoms with Crippen LogP contribution < -0.4 is 5.32 Å². The molecule has 1 atom stereocenters. The van der Waals surface area contributed by atoms with E-state index in [4.69, 9.17) is 5.11 Å². The van der Waals surface area contributed by atoms with Gasteiger partial charge >= 0.3 is 5.97 Å². The van der Waals surface area contributed by atoms with Crippen molar-refractivity contribution in [1.82, 2.24) is 5.32 Å². The highest BCUT2D eigenvalue weighted by Crippen LogP contribution is 2.29. The Labute approximate surface area is 85.9 Å². The lowest BCUT2D eigenvalue weighted by Crippen LogP contribution is -2.33. The Bertz CT molecular complexity index is 176. The van der Waals surface area contributed by atoms with Gasteiger partial charge in [0.15, 0.2) is 0 Å². The van der Waals surface area contributed by atoms with Crippen LogP contribution in [-0.4, -0.2) is 24.2 Å². The Morgan fingerprint density at radius 3 is 2.64 bits per heavy atom. The number of likely N-dealkylation sites (N-methyl/N-ethyl adjacent to an activating group) is 1. The van der Waals surface area contributed by atoms with E-state index in [0.717, 1.165) is 18.8 Å². The predicted octanol–water partition coefficient (Wildman–Crippen LogP) is 2.02. The maximum absolute atomic E-state index is 10.7. The number of hydrogen-bond donors (Lipinski definition) is 2. The van der Waals surface area contributed by atoms with Crippen molar-refractivity contribution in [2.24, 2.45) is 5.92 Å². The quantitative estimate of drug-likeness (QED) is 0.688. The first-order valence-electron chi connectivity index (χ1n) is 5.64. The number of aliphatic carboxylic acids is 1. The first kappa shape index (κ1) is 11.5. The van der Waals surface area contributed by atoms with Gasteiger partial charge in [-0.25, -0.2) is 0 Å². The van der Waals surface area contributed by atoms with Gasteiger partial charge in [-0.3, -0.25) is 4.79 Å². The number of nitrogens with one attached hydrogen (secondary N) is 1. The first-order chi connectivity index (χ1) is 6.74. The average molecular weight is 199 g/mol. The molecule has 0 aromatic heterocycles. The van der Waals surface area contributed by atoms with Crippen LogP contribution in [0.1, 0.15) is 44.9 Å². The fraction of sp³-hybridized carbons (Fsp3) is 0.909. The van der Waals surface area contributed by atoms with Crippen molar-refractivity contribution in [2.75, 3.05) is 7.05 Å². The predicted molar refractivity (Wildman–Crippen MR) is 56.3 cm³/mol. The summed E-state index contributed by atoms with van der Waals surface area (Å²) in [7, 11) is 1.72. The van der Waals surface area contributed by atoms with Crippen molar-refractivity contribution in [2.45, 2.75) is 51.0 Å². The lowest BCUT2D eigenvalue weighted by Gasteiger charge is -2.12. The topological polar surface area (TPSA) is 49.3 Å². The minimum Gasteiger partial charge on any atom is -0.480 e. The van der Waals surface area contributed by atoms with Crippen LogP contribution in [0.5, 0.6) is 0 Å². The summed E-state index contributed by atoms with van der Waals surface area (Å²) in [6.45, 7) is 0. The molecule has 0 aliphatic heterocycles. The van der Waals surface area contributed by atoms with Crippen LogP contribution >= 0.6 is 0 Å². The van der Waals surface area contributed by atoms with E-state index in [1.807, 2.05) is 0 Å². The highest BCUT2D eigenvalue weighted by Gasteiger charge is 2.17. The van der Waals surface area contributed by atoms with Gasteiger partial charge in [-0.1, -0.05) is 38.5 Å². The van der Waals surface area contributed by atoms with Gasteiger partial charge in [0, 0.05) is 0 Å². The van der Waals surface area contributed by atoms with Crippen LogP contribution in [0.15, 0.2) is 0 Å². The Kier molecular flexibility index (Phi) is 4.94. The molecule has 14 heavy (non-hydrogen) atoms. The third-order valence-electron chi connectivity index (χ3n) is 3.23. The molecular weight excluding hydrogens is 178 g/mol. The Morgan fingerprint density at radius 1 is 1.50 bits per heavy atom.